The van der Waals surface area contributed by atoms with Crippen molar-refractivity contribution in [2.75, 3.05) is 24.6 Å². The lowest BCUT2D eigenvalue weighted by Gasteiger charge is -2.23. The van der Waals surface area contributed by atoms with Gasteiger partial charge in [-0.2, -0.15) is 0 Å². The molecule has 1 unspecified atom stereocenters. The van der Waals surface area contributed by atoms with Crippen LogP contribution in [0.4, 0.5) is 0 Å². The van der Waals surface area contributed by atoms with E-state index < -0.39 is 5.60 Å². The molecule has 1 aliphatic rings. The fourth-order valence-corrected chi connectivity index (χ4v) is 5.92. The molecule has 2 rings (SSSR count). The summed E-state index contributed by atoms with van der Waals surface area (Å²) in [4.78, 5) is 37.0. The minimum absolute atomic E-state index is 0.0445. The predicted octanol–water partition coefficient (Wildman–Crippen LogP) is 7.92. The molecule has 0 aromatic heterocycles. The highest BCUT2D eigenvalue weighted by atomic mass is 33.1. The number of ether oxygens (including phenoxy) is 1. The van der Waals surface area contributed by atoms with Gasteiger partial charge in [0.1, 0.15) is 0 Å². The molecule has 0 saturated heterocycles. The van der Waals surface area contributed by atoms with Crippen molar-refractivity contribution in [3.63, 3.8) is 0 Å². The summed E-state index contributed by atoms with van der Waals surface area (Å²) in [7, 11) is 3.28. The summed E-state index contributed by atoms with van der Waals surface area (Å²) in [6.07, 6.45) is 30.3. The number of hydrogen-bond donors (Lipinski definition) is 2. The normalized spacial score (nSPS) is 17.0. The largest absolute Gasteiger partial charge is 0.469 e. The lowest BCUT2D eigenvalue weighted by Crippen LogP contribution is -2.32. The quantitative estimate of drug-likeness (QED) is 0.0764. The van der Waals surface area contributed by atoms with Crippen LogP contribution in [0, 0.1) is 0 Å². The smallest absolute Gasteiger partial charge is 0.286 e. The Kier molecular flexibility index (Phi) is 19.5. The Morgan fingerprint density at radius 1 is 0.795 bits per heavy atom. The van der Waals surface area contributed by atoms with E-state index in [9.17, 15) is 14.4 Å². The lowest BCUT2D eigenvalue weighted by atomic mass is 9.92. The summed E-state index contributed by atoms with van der Waals surface area (Å²) < 4.78 is 5.76. The molecule has 8 heteroatoms. The second-order valence-corrected chi connectivity index (χ2v) is 12.9. The maximum atomic E-state index is 12.5. The van der Waals surface area contributed by atoms with Crippen LogP contribution < -0.4 is 10.6 Å². The van der Waals surface area contributed by atoms with Crippen molar-refractivity contribution in [2.24, 2.45) is 0 Å². The van der Waals surface area contributed by atoms with E-state index in [0.29, 0.717) is 30.8 Å². The molecular formula is C36H48N2O4S2. The number of amides is 2. The monoisotopic (exact) mass is 636 g/mol. The van der Waals surface area contributed by atoms with Crippen LogP contribution in [0.25, 0.3) is 0 Å². The van der Waals surface area contributed by atoms with Crippen LogP contribution in [0.5, 0.6) is 0 Å². The molecule has 0 aliphatic carbocycles. The van der Waals surface area contributed by atoms with Crippen LogP contribution in [0.1, 0.15) is 70.8 Å². The number of benzene rings is 1. The van der Waals surface area contributed by atoms with Crippen LogP contribution in [-0.2, 0) is 24.7 Å². The summed E-state index contributed by atoms with van der Waals surface area (Å²) in [6.45, 7) is 4.90. The fourth-order valence-electron chi connectivity index (χ4n) is 4.11. The van der Waals surface area contributed by atoms with E-state index in [0.717, 1.165) is 50.7 Å². The topological polar surface area (TPSA) is 84.5 Å². The van der Waals surface area contributed by atoms with Gasteiger partial charge in [-0.1, -0.05) is 120 Å². The molecule has 1 atom stereocenters. The predicted molar refractivity (Wildman–Crippen MR) is 187 cm³/mol. The van der Waals surface area contributed by atoms with Gasteiger partial charge in [0, 0.05) is 42.7 Å². The highest BCUT2D eigenvalue weighted by Gasteiger charge is 2.43. The molecule has 1 aliphatic heterocycles. The van der Waals surface area contributed by atoms with Crippen LogP contribution in [0.15, 0.2) is 103 Å². The van der Waals surface area contributed by atoms with E-state index in [-0.39, 0.29) is 23.4 Å². The Labute approximate surface area is 272 Å². The van der Waals surface area contributed by atoms with Crippen molar-refractivity contribution in [3.8, 4) is 0 Å². The van der Waals surface area contributed by atoms with E-state index >= 15 is 0 Å². The second kappa shape index (κ2) is 23.2. The minimum Gasteiger partial charge on any atom is -0.469 e. The zero-order valence-electron chi connectivity index (χ0n) is 26.2. The number of rotatable bonds is 22. The first-order valence-electron chi connectivity index (χ1n) is 15.5. The zero-order chi connectivity index (χ0) is 31.7. The number of carbonyl (C=O) groups excluding carboxylic acids is 3. The van der Waals surface area contributed by atoms with E-state index in [1.54, 1.807) is 28.5 Å². The van der Waals surface area contributed by atoms with Gasteiger partial charge in [-0.05, 0) is 51.9 Å². The summed E-state index contributed by atoms with van der Waals surface area (Å²) in [5.41, 5.74) is -0.452. The van der Waals surface area contributed by atoms with Gasteiger partial charge in [-0.15, -0.1) is 0 Å². The van der Waals surface area contributed by atoms with Gasteiger partial charge >= 0.3 is 0 Å². The Hall–Kier alpha value is -3.23. The van der Waals surface area contributed by atoms with Crippen molar-refractivity contribution >= 4 is 39.2 Å². The Morgan fingerprint density at radius 3 is 1.93 bits per heavy atom. The average Bonchev–Trinajstić information content (AvgIpc) is 3.35. The summed E-state index contributed by atoms with van der Waals surface area (Å²) in [6, 6.07) is 9.17. The zero-order valence-corrected chi connectivity index (χ0v) is 27.8. The first-order chi connectivity index (χ1) is 21.5. The van der Waals surface area contributed by atoms with E-state index in [2.05, 4.69) is 78.3 Å². The van der Waals surface area contributed by atoms with Gasteiger partial charge in [0.15, 0.2) is 11.4 Å². The molecular weight excluding hydrogens is 589 g/mol. The lowest BCUT2D eigenvalue weighted by molar-refractivity contribution is -0.132. The van der Waals surface area contributed by atoms with Gasteiger partial charge < -0.3 is 15.4 Å². The van der Waals surface area contributed by atoms with Gasteiger partial charge in [-0.25, -0.2) is 0 Å². The molecule has 1 aromatic carbocycles. The second-order valence-electron chi connectivity index (χ2n) is 10.2. The molecule has 0 bridgehead atoms. The minimum atomic E-state index is -1.17. The molecule has 1 aromatic rings. The van der Waals surface area contributed by atoms with Crippen LogP contribution >= 0.6 is 21.6 Å². The van der Waals surface area contributed by atoms with Crippen LogP contribution in [0.2, 0.25) is 0 Å². The van der Waals surface area contributed by atoms with Crippen molar-refractivity contribution < 1.29 is 19.1 Å². The molecule has 2 N–H and O–H groups in total. The third-order valence-corrected chi connectivity index (χ3v) is 9.00. The van der Waals surface area contributed by atoms with E-state index in [1.807, 2.05) is 30.3 Å². The molecule has 2 amide bonds. The maximum Gasteiger partial charge on any atom is 0.286 e. The van der Waals surface area contributed by atoms with Gasteiger partial charge in [0.25, 0.3) is 5.91 Å². The van der Waals surface area contributed by atoms with E-state index in [1.165, 1.54) is 6.08 Å². The Bertz CT molecular complexity index is 1190. The highest BCUT2D eigenvalue weighted by Crippen LogP contribution is 2.34. The number of hydrogen-bond acceptors (Lipinski definition) is 6. The molecule has 0 spiro atoms. The van der Waals surface area contributed by atoms with Gasteiger partial charge in [0.05, 0.1) is 0 Å². The molecule has 1 heterocycles. The van der Waals surface area contributed by atoms with Crippen molar-refractivity contribution in [2.45, 2.75) is 70.8 Å². The van der Waals surface area contributed by atoms with Crippen LogP contribution in [-0.4, -0.2) is 42.2 Å². The SMILES string of the molecule is CC/C=C\C/C=C\C/C=C\C/C=C\C/C=C\CCCC(=O)NCCSSCCNC(=O)C1=CC(=O)C(C)(c2ccccc2)O1. The first kappa shape index (κ1) is 37.0. The van der Waals surface area contributed by atoms with E-state index in [4.69, 9.17) is 4.74 Å². The Morgan fingerprint density at radius 2 is 1.34 bits per heavy atom. The highest BCUT2D eigenvalue weighted by molar-refractivity contribution is 8.76. The molecule has 44 heavy (non-hydrogen) atoms. The molecule has 0 saturated carbocycles. The standard InChI is InChI=1S/C36H48N2O4S2/c1-3-4-5-6-7-8-9-10-11-12-13-14-15-16-17-18-22-25-34(40)37-26-28-43-44-29-27-38-35(41)32-30-33(39)36(2,42-32)31-23-20-19-21-24-31/h4-5,7-8,10-11,13-14,16-17,19-21,23-24,30H,3,6,9,12,15,18,22,25-29H2,1-2H3,(H,37,40)(H,38,41)/b5-4-,8-7-,11-10-,14-13-,17-16-. The van der Waals surface area contributed by atoms with Gasteiger partial charge in [0.2, 0.25) is 11.7 Å². The maximum absolute atomic E-state index is 12.5. The summed E-state index contributed by atoms with van der Waals surface area (Å²) in [5, 5.41) is 5.77. The Balaban J connectivity index is 1.40. The van der Waals surface area contributed by atoms with Crippen molar-refractivity contribution in [1.82, 2.24) is 10.6 Å². The third kappa shape index (κ3) is 15.5. The number of allylic oxidation sites excluding steroid dienone is 10. The van der Waals surface area contributed by atoms with Crippen molar-refractivity contribution in [1.29, 1.82) is 0 Å². The average molecular weight is 637 g/mol. The van der Waals surface area contributed by atoms with Gasteiger partial charge in [-0.3, -0.25) is 14.4 Å². The molecule has 6 nitrogen and oxygen atoms in total. The third-order valence-electron chi connectivity index (χ3n) is 6.59. The van der Waals surface area contributed by atoms with Crippen molar-refractivity contribution in [3.05, 3.63) is 108 Å². The number of ketones is 1. The number of unbranched alkanes of at least 4 members (excludes halogenated alkanes) is 1. The summed E-state index contributed by atoms with van der Waals surface area (Å²) in [5.74, 6) is 0.988. The molecule has 238 valence electrons. The number of carbonyl (C=O) groups is 3. The molecule has 0 radical (unpaired) electrons. The fraction of sp³-hybridized carbons (Fsp3) is 0.417. The summed E-state index contributed by atoms with van der Waals surface area (Å²) >= 11 is 0. The molecule has 0 fully saturated rings. The van der Waals surface area contributed by atoms with Crippen LogP contribution in [0.3, 0.4) is 0 Å². The number of nitrogens with one attached hydrogen (secondary N) is 2. The first-order valence-corrected chi connectivity index (χ1v) is 18.0.